The maximum atomic E-state index is 6.02. The van der Waals surface area contributed by atoms with Crippen molar-refractivity contribution in [3.05, 3.63) is 29.0 Å². The molecule has 4 nitrogen and oxygen atoms in total. The van der Waals surface area contributed by atoms with E-state index >= 15 is 0 Å². The van der Waals surface area contributed by atoms with E-state index in [1.165, 1.54) is 11.8 Å². The molecule has 1 heterocycles. The van der Waals surface area contributed by atoms with Gasteiger partial charge in [-0.2, -0.15) is 0 Å². The Kier molecular flexibility index (Phi) is 2.83. The Morgan fingerprint density at radius 2 is 2.27 bits per heavy atom. The number of aryl methyl sites for hydroxylation is 1. The molecule has 15 heavy (non-hydrogen) atoms. The topological polar surface area (TPSA) is 67.6 Å². The average molecular weight is 241 g/mol. The quantitative estimate of drug-likeness (QED) is 0.792. The Bertz CT molecular complexity index is 462. The van der Waals surface area contributed by atoms with E-state index in [4.69, 9.17) is 17.3 Å². The molecule has 0 radical (unpaired) electrons. The van der Waals surface area contributed by atoms with Crippen LogP contribution in [0.1, 0.15) is 5.82 Å². The van der Waals surface area contributed by atoms with Gasteiger partial charge in [0.2, 0.25) is 5.16 Å². The number of halogens is 1. The number of nitrogens with one attached hydrogen (secondary N) is 1. The molecule has 0 aliphatic heterocycles. The number of anilines is 1. The summed E-state index contributed by atoms with van der Waals surface area (Å²) in [6.07, 6.45) is 0. The second-order valence-electron chi connectivity index (χ2n) is 2.96. The minimum Gasteiger partial charge on any atom is -0.398 e. The van der Waals surface area contributed by atoms with Crippen LogP contribution in [0.3, 0.4) is 0 Å². The smallest absolute Gasteiger partial charge is 0.213 e. The molecule has 0 bridgehead atoms. The van der Waals surface area contributed by atoms with Crippen LogP contribution in [0.2, 0.25) is 5.02 Å². The molecule has 0 spiro atoms. The van der Waals surface area contributed by atoms with Crippen LogP contribution < -0.4 is 5.73 Å². The Balaban J connectivity index is 2.31. The molecule has 2 rings (SSSR count). The molecule has 2 aromatic rings. The summed E-state index contributed by atoms with van der Waals surface area (Å²) >= 11 is 7.37. The van der Waals surface area contributed by atoms with Crippen LogP contribution in [-0.4, -0.2) is 15.2 Å². The van der Waals surface area contributed by atoms with E-state index in [2.05, 4.69) is 15.2 Å². The molecule has 3 N–H and O–H groups in total. The molecule has 78 valence electrons. The van der Waals surface area contributed by atoms with Crippen molar-refractivity contribution in [3.63, 3.8) is 0 Å². The number of benzene rings is 1. The van der Waals surface area contributed by atoms with Gasteiger partial charge in [0.15, 0.2) is 0 Å². The summed E-state index contributed by atoms with van der Waals surface area (Å²) in [5.74, 6) is 0.767. The number of rotatable bonds is 2. The first-order chi connectivity index (χ1) is 7.16. The molecule has 6 heteroatoms. The van der Waals surface area contributed by atoms with Crippen molar-refractivity contribution in [1.29, 1.82) is 0 Å². The fourth-order valence-electron chi connectivity index (χ4n) is 1.09. The minimum atomic E-state index is 0.613. The van der Waals surface area contributed by atoms with Crippen molar-refractivity contribution >= 4 is 29.1 Å². The zero-order valence-corrected chi connectivity index (χ0v) is 9.56. The zero-order valence-electron chi connectivity index (χ0n) is 7.99. The molecule has 0 aliphatic carbocycles. The van der Waals surface area contributed by atoms with Crippen molar-refractivity contribution in [3.8, 4) is 0 Å². The van der Waals surface area contributed by atoms with E-state index in [0.29, 0.717) is 15.9 Å². The highest BCUT2D eigenvalue weighted by Gasteiger charge is 2.09. The van der Waals surface area contributed by atoms with E-state index in [1.54, 1.807) is 12.1 Å². The van der Waals surface area contributed by atoms with Gasteiger partial charge in [-0.05, 0) is 30.8 Å². The predicted molar refractivity (Wildman–Crippen MR) is 61.1 cm³/mol. The molecular weight excluding hydrogens is 232 g/mol. The third-order valence-electron chi connectivity index (χ3n) is 1.77. The van der Waals surface area contributed by atoms with Crippen molar-refractivity contribution in [2.24, 2.45) is 0 Å². The number of hydrogen-bond acceptors (Lipinski definition) is 4. The van der Waals surface area contributed by atoms with Crippen LogP contribution in [0.15, 0.2) is 28.3 Å². The molecule has 0 fully saturated rings. The van der Waals surface area contributed by atoms with Gasteiger partial charge in [-0.1, -0.05) is 17.7 Å². The van der Waals surface area contributed by atoms with E-state index in [9.17, 15) is 0 Å². The number of nitrogens with two attached hydrogens (primary N) is 1. The number of H-pyrrole nitrogens is 1. The van der Waals surface area contributed by atoms with Crippen molar-refractivity contribution in [2.75, 3.05) is 5.73 Å². The van der Waals surface area contributed by atoms with E-state index in [-0.39, 0.29) is 0 Å². The normalized spacial score (nSPS) is 10.5. The fraction of sp³-hybridized carbons (Fsp3) is 0.111. The summed E-state index contributed by atoms with van der Waals surface area (Å²) in [6, 6.07) is 5.40. The third-order valence-corrected chi connectivity index (χ3v) is 3.22. The number of aromatic nitrogens is 3. The summed E-state index contributed by atoms with van der Waals surface area (Å²) in [4.78, 5) is 4.96. The maximum Gasteiger partial charge on any atom is 0.213 e. The summed E-state index contributed by atoms with van der Waals surface area (Å²) < 4.78 is 0. The fourth-order valence-corrected chi connectivity index (χ4v) is 2.20. The lowest BCUT2D eigenvalue weighted by molar-refractivity contribution is 0.969. The maximum absolute atomic E-state index is 6.02. The third kappa shape index (κ3) is 2.24. The Labute approximate surface area is 96.2 Å². The van der Waals surface area contributed by atoms with Gasteiger partial charge in [-0.25, -0.2) is 4.98 Å². The monoisotopic (exact) mass is 240 g/mol. The molecule has 0 unspecified atom stereocenters. The predicted octanol–water partition coefficient (Wildman–Crippen LogP) is 2.50. The highest BCUT2D eigenvalue weighted by molar-refractivity contribution is 7.99. The van der Waals surface area contributed by atoms with Crippen LogP contribution in [0, 0.1) is 6.92 Å². The molecule has 0 atom stereocenters. The number of hydrogen-bond donors (Lipinski definition) is 2. The summed E-state index contributed by atoms with van der Waals surface area (Å²) in [6.45, 7) is 1.84. The van der Waals surface area contributed by atoms with Crippen LogP contribution in [-0.2, 0) is 0 Å². The highest BCUT2D eigenvalue weighted by atomic mass is 35.5. The highest BCUT2D eigenvalue weighted by Crippen LogP contribution is 2.35. The molecular formula is C9H9ClN4S. The van der Waals surface area contributed by atoms with Gasteiger partial charge in [-0.15, -0.1) is 5.10 Å². The summed E-state index contributed by atoms with van der Waals surface area (Å²) in [7, 11) is 0. The molecule has 1 aromatic carbocycles. The second-order valence-corrected chi connectivity index (χ2v) is 4.35. The minimum absolute atomic E-state index is 0.613. The van der Waals surface area contributed by atoms with E-state index in [1.807, 2.05) is 13.0 Å². The van der Waals surface area contributed by atoms with Crippen LogP contribution in [0.4, 0.5) is 5.69 Å². The van der Waals surface area contributed by atoms with Crippen LogP contribution in [0.25, 0.3) is 0 Å². The Morgan fingerprint density at radius 1 is 1.47 bits per heavy atom. The average Bonchev–Trinajstić information content (AvgIpc) is 2.58. The number of aromatic amines is 1. The van der Waals surface area contributed by atoms with Crippen molar-refractivity contribution < 1.29 is 0 Å². The largest absolute Gasteiger partial charge is 0.398 e. The van der Waals surface area contributed by atoms with Gasteiger partial charge in [0.1, 0.15) is 5.82 Å². The Morgan fingerprint density at radius 3 is 2.87 bits per heavy atom. The standard InChI is InChI=1S/C9H9ClN4S/c1-5-12-9(14-13-5)15-8-6(10)3-2-4-7(8)11/h2-4H,11H2,1H3,(H,12,13,14). The van der Waals surface area contributed by atoms with Crippen molar-refractivity contribution in [2.45, 2.75) is 17.0 Å². The van der Waals surface area contributed by atoms with Gasteiger partial charge >= 0.3 is 0 Å². The van der Waals surface area contributed by atoms with E-state index < -0.39 is 0 Å². The lowest BCUT2D eigenvalue weighted by atomic mass is 10.3. The first-order valence-electron chi connectivity index (χ1n) is 4.27. The molecule has 0 saturated heterocycles. The lowest BCUT2D eigenvalue weighted by Crippen LogP contribution is -1.89. The summed E-state index contributed by atoms with van der Waals surface area (Å²) in [5, 5.41) is 8.00. The van der Waals surface area contributed by atoms with E-state index in [0.717, 1.165) is 10.7 Å². The van der Waals surface area contributed by atoms with Gasteiger partial charge in [0.25, 0.3) is 0 Å². The SMILES string of the molecule is Cc1nc(Sc2c(N)cccc2Cl)n[nH]1. The van der Waals surface area contributed by atoms with Gasteiger partial charge < -0.3 is 5.73 Å². The van der Waals surface area contributed by atoms with Gasteiger partial charge in [-0.3, -0.25) is 5.10 Å². The number of nitrogens with zero attached hydrogens (tertiary/aromatic N) is 2. The molecule has 1 aromatic heterocycles. The van der Waals surface area contributed by atoms with Gasteiger partial charge in [0.05, 0.1) is 9.92 Å². The summed E-state index contributed by atoms with van der Waals surface area (Å²) in [5.41, 5.74) is 6.44. The Hall–Kier alpha value is -1.20. The van der Waals surface area contributed by atoms with Gasteiger partial charge in [0, 0.05) is 5.69 Å². The van der Waals surface area contributed by atoms with Crippen LogP contribution in [0.5, 0.6) is 0 Å². The first kappa shape index (κ1) is 10.3. The molecule has 0 saturated carbocycles. The zero-order chi connectivity index (χ0) is 10.8. The second kappa shape index (κ2) is 4.12. The van der Waals surface area contributed by atoms with Crippen LogP contribution >= 0.6 is 23.4 Å². The lowest BCUT2D eigenvalue weighted by Gasteiger charge is -2.03. The number of nitrogen functional groups attached to an aromatic ring is 1. The first-order valence-corrected chi connectivity index (χ1v) is 5.47. The molecule has 0 aliphatic rings. The molecule has 0 amide bonds. The van der Waals surface area contributed by atoms with Crippen molar-refractivity contribution in [1.82, 2.24) is 15.2 Å².